The fraction of sp³-hybridized carbons (Fsp3) is 0.500. The van der Waals surface area contributed by atoms with Crippen molar-refractivity contribution in [3.63, 3.8) is 0 Å². The molecule has 0 aromatic carbocycles. The van der Waals surface area contributed by atoms with E-state index in [0.29, 0.717) is 6.42 Å². The van der Waals surface area contributed by atoms with Crippen LogP contribution in [-0.2, 0) is 4.79 Å². The first kappa shape index (κ1) is 11.3. The lowest BCUT2D eigenvalue weighted by Gasteiger charge is -2.25. The molecule has 2 unspecified atom stereocenters. The van der Waals surface area contributed by atoms with Crippen LogP contribution >= 0.6 is 0 Å². The van der Waals surface area contributed by atoms with Gasteiger partial charge in [-0.05, 0) is 43.8 Å². The number of rotatable bonds is 2. The van der Waals surface area contributed by atoms with Gasteiger partial charge in [0.25, 0.3) is 0 Å². The zero-order valence-corrected chi connectivity index (χ0v) is 9.65. The molecule has 86 valence electrons. The number of hydrogen-bond acceptors (Lipinski definition) is 2. The van der Waals surface area contributed by atoms with Crippen LogP contribution in [-0.4, -0.2) is 17.0 Å². The molecule has 2 nitrogen and oxygen atoms in total. The summed E-state index contributed by atoms with van der Waals surface area (Å²) in [5, 5.41) is 9.78. The number of aliphatic hydroxyl groups is 1. The van der Waals surface area contributed by atoms with Crippen molar-refractivity contribution in [3.8, 4) is 0 Å². The average Bonchev–Trinajstić information content (AvgIpc) is 2.29. The summed E-state index contributed by atoms with van der Waals surface area (Å²) in [6.45, 7) is 1.81. The summed E-state index contributed by atoms with van der Waals surface area (Å²) in [6, 6.07) is 0. The zero-order chi connectivity index (χ0) is 11.6. The minimum Gasteiger partial charge on any atom is -0.386 e. The monoisotopic (exact) mass is 218 g/mol. The molecule has 0 radical (unpaired) electrons. The largest absolute Gasteiger partial charge is 0.386 e. The van der Waals surface area contributed by atoms with Crippen LogP contribution in [0.3, 0.4) is 0 Å². The van der Waals surface area contributed by atoms with Crippen molar-refractivity contribution in [1.82, 2.24) is 0 Å². The molecule has 0 aromatic heterocycles. The van der Waals surface area contributed by atoms with Gasteiger partial charge in [0.1, 0.15) is 6.29 Å². The van der Waals surface area contributed by atoms with Gasteiger partial charge in [0.15, 0.2) is 0 Å². The lowest BCUT2D eigenvalue weighted by atomic mass is 9.83. The van der Waals surface area contributed by atoms with Gasteiger partial charge in [0.05, 0.1) is 5.60 Å². The Morgan fingerprint density at radius 1 is 1.50 bits per heavy atom. The third-order valence-corrected chi connectivity index (χ3v) is 3.33. The molecule has 0 bridgehead atoms. The van der Waals surface area contributed by atoms with E-state index in [4.69, 9.17) is 0 Å². The van der Waals surface area contributed by atoms with E-state index in [-0.39, 0.29) is 5.92 Å². The smallest absolute Gasteiger partial charge is 0.123 e. The topological polar surface area (TPSA) is 37.3 Å². The van der Waals surface area contributed by atoms with Gasteiger partial charge in [0, 0.05) is 5.92 Å². The molecule has 1 N–H and O–H groups in total. The van der Waals surface area contributed by atoms with E-state index < -0.39 is 5.60 Å². The molecule has 2 aliphatic carbocycles. The second kappa shape index (κ2) is 4.38. The lowest BCUT2D eigenvalue weighted by molar-refractivity contribution is -0.111. The van der Waals surface area contributed by atoms with Gasteiger partial charge in [-0.25, -0.2) is 0 Å². The number of aldehydes is 1. The van der Waals surface area contributed by atoms with Crippen molar-refractivity contribution in [2.24, 2.45) is 5.92 Å². The third-order valence-electron chi connectivity index (χ3n) is 3.33. The number of carbonyl (C=O) groups is 1. The highest BCUT2D eigenvalue weighted by molar-refractivity contribution is 5.57. The molecule has 2 atom stereocenters. The normalized spacial score (nSPS) is 34.2. The molecular weight excluding hydrogens is 200 g/mol. The maximum absolute atomic E-state index is 10.8. The summed E-state index contributed by atoms with van der Waals surface area (Å²) in [4.78, 5) is 10.8. The van der Waals surface area contributed by atoms with Crippen LogP contribution < -0.4 is 0 Å². The van der Waals surface area contributed by atoms with Crippen molar-refractivity contribution in [3.05, 3.63) is 35.5 Å². The molecule has 2 rings (SSSR count). The van der Waals surface area contributed by atoms with Gasteiger partial charge in [0.2, 0.25) is 0 Å². The first-order valence-corrected chi connectivity index (χ1v) is 5.87. The van der Waals surface area contributed by atoms with E-state index in [9.17, 15) is 9.90 Å². The number of allylic oxidation sites excluding steroid dienone is 4. The van der Waals surface area contributed by atoms with Crippen molar-refractivity contribution in [2.75, 3.05) is 0 Å². The Balaban J connectivity index is 2.10. The number of hydrogen-bond donors (Lipinski definition) is 1. The fourth-order valence-corrected chi connectivity index (χ4v) is 2.25. The molecule has 0 saturated heterocycles. The molecule has 0 fully saturated rings. The van der Waals surface area contributed by atoms with Crippen LogP contribution in [0.5, 0.6) is 0 Å². The summed E-state index contributed by atoms with van der Waals surface area (Å²) in [6.07, 6.45) is 12.6. The molecule has 0 heterocycles. The van der Waals surface area contributed by atoms with Crippen LogP contribution in [0, 0.1) is 5.92 Å². The minimum atomic E-state index is -0.706. The van der Waals surface area contributed by atoms with Crippen LogP contribution in [0.1, 0.15) is 32.6 Å². The van der Waals surface area contributed by atoms with E-state index in [2.05, 4.69) is 12.2 Å². The molecule has 2 aliphatic rings. The first-order chi connectivity index (χ1) is 7.61. The highest BCUT2D eigenvalue weighted by Crippen LogP contribution is 2.31. The van der Waals surface area contributed by atoms with Crippen molar-refractivity contribution < 1.29 is 9.90 Å². The standard InChI is InChI=1S/C14H18O2/c1-14(16)7-5-12(6-8-14)13-4-2-3-11(9-13)10-15/h4-7,10-11,16H,2-3,8-9H2,1H3. The molecule has 0 aliphatic heterocycles. The SMILES string of the molecule is CC1(O)C=CC(C2=CCCC(C=O)C2)=CC1. The van der Waals surface area contributed by atoms with Crippen LogP contribution in [0.15, 0.2) is 35.5 Å². The Morgan fingerprint density at radius 3 is 2.94 bits per heavy atom. The van der Waals surface area contributed by atoms with Crippen LogP contribution in [0.25, 0.3) is 0 Å². The molecule has 2 heteroatoms. The predicted molar refractivity (Wildman–Crippen MR) is 64.0 cm³/mol. The average molecular weight is 218 g/mol. The summed E-state index contributed by atoms with van der Waals surface area (Å²) in [5.74, 6) is 0.178. The molecule has 0 spiro atoms. The summed E-state index contributed by atoms with van der Waals surface area (Å²) in [5.41, 5.74) is 1.73. The first-order valence-electron chi connectivity index (χ1n) is 5.87. The molecule has 0 amide bonds. The fourth-order valence-electron chi connectivity index (χ4n) is 2.25. The Hall–Kier alpha value is -1.15. The zero-order valence-electron chi connectivity index (χ0n) is 9.65. The van der Waals surface area contributed by atoms with Gasteiger partial charge in [-0.3, -0.25) is 0 Å². The Morgan fingerprint density at radius 2 is 2.31 bits per heavy atom. The highest BCUT2D eigenvalue weighted by Gasteiger charge is 2.21. The summed E-state index contributed by atoms with van der Waals surface area (Å²) in [7, 11) is 0. The predicted octanol–water partition coefficient (Wildman–Crippen LogP) is 2.55. The van der Waals surface area contributed by atoms with Crippen LogP contribution in [0.4, 0.5) is 0 Å². The Kier molecular flexibility index (Phi) is 3.10. The summed E-state index contributed by atoms with van der Waals surface area (Å²) < 4.78 is 0. The second-order valence-electron chi connectivity index (χ2n) is 4.96. The van der Waals surface area contributed by atoms with Crippen molar-refractivity contribution >= 4 is 6.29 Å². The summed E-state index contributed by atoms with van der Waals surface area (Å²) >= 11 is 0. The van der Waals surface area contributed by atoms with E-state index in [1.54, 1.807) is 6.92 Å². The third kappa shape index (κ3) is 2.50. The van der Waals surface area contributed by atoms with Gasteiger partial charge < -0.3 is 9.90 Å². The Labute approximate surface area is 96.4 Å². The maximum atomic E-state index is 10.8. The minimum absolute atomic E-state index is 0.178. The lowest BCUT2D eigenvalue weighted by Crippen LogP contribution is -2.22. The van der Waals surface area contributed by atoms with Gasteiger partial charge in [-0.1, -0.05) is 24.3 Å². The van der Waals surface area contributed by atoms with Gasteiger partial charge in [-0.2, -0.15) is 0 Å². The van der Waals surface area contributed by atoms with Gasteiger partial charge >= 0.3 is 0 Å². The maximum Gasteiger partial charge on any atom is 0.123 e. The number of carbonyl (C=O) groups excluding carboxylic acids is 1. The highest BCUT2D eigenvalue weighted by atomic mass is 16.3. The van der Waals surface area contributed by atoms with E-state index in [0.717, 1.165) is 25.5 Å². The van der Waals surface area contributed by atoms with E-state index >= 15 is 0 Å². The molecular formula is C14H18O2. The van der Waals surface area contributed by atoms with Gasteiger partial charge in [-0.15, -0.1) is 0 Å². The Bertz CT molecular complexity index is 372. The van der Waals surface area contributed by atoms with E-state index in [1.165, 1.54) is 11.1 Å². The van der Waals surface area contributed by atoms with E-state index in [1.807, 2.05) is 12.2 Å². The van der Waals surface area contributed by atoms with Crippen LogP contribution in [0.2, 0.25) is 0 Å². The molecule has 0 saturated carbocycles. The molecule has 16 heavy (non-hydrogen) atoms. The second-order valence-corrected chi connectivity index (χ2v) is 4.96. The quantitative estimate of drug-likeness (QED) is 0.723. The van der Waals surface area contributed by atoms with Crippen molar-refractivity contribution in [2.45, 2.75) is 38.2 Å². The van der Waals surface area contributed by atoms with Crippen molar-refractivity contribution in [1.29, 1.82) is 0 Å². The molecule has 0 aromatic rings.